The molecule has 0 saturated carbocycles. The summed E-state index contributed by atoms with van der Waals surface area (Å²) in [4.78, 5) is 12.3. The highest BCUT2D eigenvalue weighted by Crippen LogP contribution is 2.34. The van der Waals surface area contributed by atoms with Gasteiger partial charge in [0.2, 0.25) is 5.91 Å². The molecule has 0 radical (unpaired) electrons. The van der Waals surface area contributed by atoms with Crippen LogP contribution in [0.25, 0.3) is 0 Å². The summed E-state index contributed by atoms with van der Waals surface area (Å²) < 4.78 is 75.0. The molecule has 4 aliphatic rings. The van der Waals surface area contributed by atoms with Crippen molar-refractivity contribution in [3.05, 3.63) is 0 Å². The summed E-state index contributed by atoms with van der Waals surface area (Å²) in [5.41, 5.74) is 0. The summed E-state index contributed by atoms with van der Waals surface area (Å²) in [6, 6.07) is -1.78. The van der Waals surface area contributed by atoms with Gasteiger partial charge in [0.25, 0.3) is 0 Å². The van der Waals surface area contributed by atoms with E-state index in [4.69, 9.17) is 33.2 Å². The molecule has 304 valence electrons. The van der Waals surface area contributed by atoms with E-state index in [-0.39, 0.29) is 0 Å². The number of carbonyl (C=O) groups is 1. The number of aliphatic hydroxyl groups is 12. The second-order valence-corrected chi connectivity index (χ2v) is 13.5. The summed E-state index contributed by atoms with van der Waals surface area (Å²) in [7, 11) is -5.22. The van der Waals surface area contributed by atoms with Crippen molar-refractivity contribution in [1.82, 2.24) is 5.32 Å². The van der Waals surface area contributed by atoms with Crippen molar-refractivity contribution in [3.8, 4) is 0 Å². The van der Waals surface area contributed by atoms with Crippen molar-refractivity contribution in [2.45, 2.75) is 130 Å². The Labute approximate surface area is 294 Å². The normalized spacial score (nSPS) is 47.6. The average Bonchev–Trinajstić information content (AvgIpc) is 3.08. The highest BCUT2D eigenvalue weighted by atomic mass is 32.3. The minimum absolute atomic E-state index is 0.856. The fraction of sp³-hybridized carbons (Fsp3) is 0.962. The van der Waals surface area contributed by atoms with Gasteiger partial charge < -0.3 is 99.8 Å². The number of aliphatic hydroxyl groups excluding tert-OH is 12. The van der Waals surface area contributed by atoms with Gasteiger partial charge in [0.05, 0.1) is 26.4 Å². The zero-order valence-corrected chi connectivity index (χ0v) is 27.9. The zero-order chi connectivity index (χ0) is 38.8. The lowest BCUT2D eigenvalue weighted by atomic mass is 9.94. The van der Waals surface area contributed by atoms with E-state index in [0.717, 1.165) is 6.92 Å². The molecule has 0 unspecified atom stereocenters. The Morgan fingerprint density at radius 2 is 1.08 bits per heavy atom. The molecule has 25 nitrogen and oxygen atoms in total. The second kappa shape index (κ2) is 18.0. The Bertz CT molecular complexity index is 1260. The average molecular weight is 788 g/mol. The molecule has 0 aliphatic carbocycles. The highest BCUT2D eigenvalue weighted by Gasteiger charge is 2.56. The monoisotopic (exact) mass is 787 g/mol. The van der Waals surface area contributed by atoms with E-state index in [2.05, 4.69) is 9.50 Å². The summed E-state index contributed by atoms with van der Waals surface area (Å²) in [6.45, 7) is -2.95. The molecule has 4 saturated heterocycles. The smallest absolute Gasteiger partial charge is 0.394 e. The van der Waals surface area contributed by atoms with Gasteiger partial charge in [-0.1, -0.05) is 0 Å². The molecule has 4 fully saturated rings. The maximum Gasteiger partial charge on any atom is 0.397 e. The summed E-state index contributed by atoms with van der Waals surface area (Å²) >= 11 is 0. The topological polar surface area (TPSA) is 400 Å². The minimum Gasteiger partial charge on any atom is -0.394 e. The number of rotatable bonds is 13. The zero-order valence-electron chi connectivity index (χ0n) is 27.1. The first kappa shape index (κ1) is 43.3. The Kier molecular flexibility index (Phi) is 15.0. The van der Waals surface area contributed by atoms with Gasteiger partial charge in [-0.05, 0) is 0 Å². The van der Waals surface area contributed by atoms with Gasteiger partial charge in [-0.3, -0.25) is 9.35 Å². The quantitative estimate of drug-likeness (QED) is 0.0770. The summed E-state index contributed by atoms with van der Waals surface area (Å²) in [5.74, 6) is -0.856. The largest absolute Gasteiger partial charge is 0.397 e. The van der Waals surface area contributed by atoms with Gasteiger partial charge in [0.1, 0.15) is 97.6 Å². The van der Waals surface area contributed by atoms with Gasteiger partial charge in [-0.2, -0.15) is 8.42 Å². The van der Waals surface area contributed by atoms with Gasteiger partial charge in [-0.25, -0.2) is 4.18 Å². The summed E-state index contributed by atoms with van der Waals surface area (Å²) in [6.07, 6.45) is -36.0. The van der Waals surface area contributed by atoms with Crippen LogP contribution in [-0.2, 0) is 52.5 Å². The van der Waals surface area contributed by atoms with Crippen LogP contribution in [-0.4, -0.2) is 229 Å². The number of hydrogen-bond acceptors (Lipinski definition) is 23. The number of hydrogen-bond donors (Lipinski definition) is 14. The Morgan fingerprint density at radius 1 is 0.577 bits per heavy atom. The molecule has 4 aliphatic heterocycles. The van der Waals surface area contributed by atoms with Gasteiger partial charge in [0, 0.05) is 6.92 Å². The van der Waals surface area contributed by atoms with Crippen molar-refractivity contribution in [1.29, 1.82) is 0 Å². The second-order valence-electron chi connectivity index (χ2n) is 12.4. The molecule has 0 bridgehead atoms. The van der Waals surface area contributed by atoms with Crippen LogP contribution in [0.5, 0.6) is 0 Å². The molecule has 0 aromatic rings. The molecule has 0 aromatic carbocycles. The van der Waals surface area contributed by atoms with Crippen LogP contribution in [0.4, 0.5) is 0 Å². The van der Waals surface area contributed by atoms with E-state index in [1.165, 1.54) is 0 Å². The van der Waals surface area contributed by atoms with E-state index >= 15 is 0 Å². The first-order valence-electron chi connectivity index (χ1n) is 15.8. The molecule has 26 heteroatoms. The van der Waals surface area contributed by atoms with Crippen molar-refractivity contribution >= 4 is 16.3 Å². The molecule has 4 heterocycles. The molecule has 4 rings (SSSR count). The molecule has 14 N–H and O–H groups in total. The molecular formula is C26H45NO24S. The molecule has 1 amide bonds. The first-order chi connectivity index (χ1) is 24.3. The Hall–Kier alpha value is -1.42. The predicted molar refractivity (Wildman–Crippen MR) is 156 cm³/mol. The van der Waals surface area contributed by atoms with E-state index in [1.54, 1.807) is 0 Å². The molecule has 0 aromatic heterocycles. The van der Waals surface area contributed by atoms with Crippen molar-refractivity contribution in [2.75, 3.05) is 26.4 Å². The Balaban J connectivity index is 1.63. The van der Waals surface area contributed by atoms with Crippen LogP contribution < -0.4 is 5.32 Å². The van der Waals surface area contributed by atoms with Crippen LogP contribution >= 0.6 is 0 Å². The van der Waals surface area contributed by atoms with Gasteiger partial charge in [0.15, 0.2) is 25.2 Å². The highest BCUT2D eigenvalue weighted by molar-refractivity contribution is 7.80. The van der Waals surface area contributed by atoms with E-state index in [1.807, 2.05) is 0 Å². The van der Waals surface area contributed by atoms with Crippen LogP contribution in [0.1, 0.15) is 6.92 Å². The van der Waals surface area contributed by atoms with Crippen LogP contribution in [0, 0.1) is 0 Å². The van der Waals surface area contributed by atoms with Crippen molar-refractivity contribution in [3.63, 3.8) is 0 Å². The maximum atomic E-state index is 12.3. The van der Waals surface area contributed by atoms with E-state index < -0.39 is 165 Å². The number of nitrogens with one attached hydrogen (secondary N) is 1. The van der Waals surface area contributed by atoms with Crippen LogP contribution in [0.2, 0.25) is 0 Å². The Morgan fingerprint density at radius 3 is 1.62 bits per heavy atom. The fourth-order valence-corrected chi connectivity index (χ4v) is 6.39. The lowest BCUT2D eigenvalue weighted by Crippen LogP contribution is -2.70. The third-order valence-electron chi connectivity index (χ3n) is 8.81. The third kappa shape index (κ3) is 9.68. The third-order valence-corrected chi connectivity index (χ3v) is 9.24. The molecule has 52 heavy (non-hydrogen) atoms. The van der Waals surface area contributed by atoms with Crippen molar-refractivity contribution in [2.24, 2.45) is 0 Å². The maximum absolute atomic E-state index is 12.3. The minimum atomic E-state index is -5.22. The van der Waals surface area contributed by atoms with Crippen molar-refractivity contribution < 1.29 is 116 Å². The van der Waals surface area contributed by atoms with E-state index in [9.17, 15) is 79.0 Å². The standard InChI is InChI=1S/C26H45NO24S/c1-6(31)27-11-14(34)21(50-25-18(38)15(35)12(32)7(2-28)46-25)10(5-44-52(41,42)43)48-24(11)51-22-13(33)8(3-29)47-26(19(22)39)49-20-9(4-30)45-23(40)17(37)16(20)36/h7-26,28-30,32-40H,2-5H2,1H3,(H,27,31)(H,41,42,43)/t7-,8-,9-,10-,11-,12+,13+,14-,15+,16-,17-,18-,19-,20-,21-,22+,23-,24+,25+,26+/m1/s1. The lowest BCUT2D eigenvalue weighted by Gasteiger charge is -2.50. The van der Waals surface area contributed by atoms with Gasteiger partial charge >= 0.3 is 10.4 Å². The molecular weight excluding hydrogens is 742 g/mol. The number of carbonyl (C=O) groups excluding carboxylic acids is 1. The SMILES string of the molecule is CC(=O)N[C@H]1[C@H](O[C@H]2[C@@H](O)[C@@H](CO)O[C@@H](O[C@H]3[C@H](O)[C@@H](O)[C@H](O)O[C@@H]3CO)[C@@H]2O)O[C@H](COS(=O)(=O)O)[C@@H](O[C@@H]2O[C@H](CO)[C@H](O)[C@H](O)[C@H]2O)[C@@H]1O. The van der Waals surface area contributed by atoms with Crippen LogP contribution in [0.3, 0.4) is 0 Å². The number of ether oxygens (including phenoxy) is 7. The number of amides is 1. The fourth-order valence-electron chi connectivity index (χ4n) is 6.09. The lowest BCUT2D eigenvalue weighted by molar-refractivity contribution is -0.379. The van der Waals surface area contributed by atoms with E-state index in [0.29, 0.717) is 0 Å². The first-order valence-corrected chi connectivity index (χ1v) is 17.1. The predicted octanol–water partition coefficient (Wildman–Crippen LogP) is -9.78. The summed E-state index contributed by atoms with van der Waals surface area (Å²) in [5, 5.41) is 126. The van der Waals surface area contributed by atoms with Crippen LogP contribution in [0.15, 0.2) is 0 Å². The molecule has 0 spiro atoms. The molecule has 20 atom stereocenters. The van der Waals surface area contributed by atoms with Gasteiger partial charge in [-0.15, -0.1) is 0 Å².